The zero-order chi connectivity index (χ0) is 13.5. The Morgan fingerprint density at radius 1 is 1.33 bits per heavy atom. The van der Waals surface area contributed by atoms with Gasteiger partial charge in [-0.1, -0.05) is 6.07 Å². The first kappa shape index (κ1) is 15.0. The summed E-state index contributed by atoms with van der Waals surface area (Å²) in [6.07, 6.45) is 2.18. The third-order valence-electron chi connectivity index (χ3n) is 3.11. The van der Waals surface area contributed by atoms with Crippen molar-refractivity contribution in [2.45, 2.75) is 46.2 Å². The molecule has 18 heavy (non-hydrogen) atoms. The van der Waals surface area contributed by atoms with Gasteiger partial charge in [-0.25, -0.2) is 0 Å². The lowest BCUT2D eigenvalue weighted by molar-refractivity contribution is 0.406. The standard InChI is InChI=1S/C15H26N2O/c1-11-8-12(2)14(15(9-11)18-4)10-17-7-5-6-13(3)16/h8-9,13,17H,5-7,10,16H2,1-4H3. The van der Waals surface area contributed by atoms with Gasteiger partial charge in [0.05, 0.1) is 7.11 Å². The van der Waals surface area contributed by atoms with E-state index < -0.39 is 0 Å². The Balaban J connectivity index is 2.51. The molecule has 0 fully saturated rings. The maximum Gasteiger partial charge on any atom is 0.123 e. The summed E-state index contributed by atoms with van der Waals surface area (Å²) in [5, 5.41) is 3.46. The van der Waals surface area contributed by atoms with Crippen LogP contribution in [-0.4, -0.2) is 19.7 Å². The predicted octanol–water partition coefficient (Wildman–Crippen LogP) is 2.53. The van der Waals surface area contributed by atoms with Crippen molar-refractivity contribution in [3.8, 4) is 5.75 Å². The van der Waals surface area contributed by atoms with Crippen LogP contribution in [0.2, 0.25) is 0 Å². The predicted molar refractivity (Wildman–Crippen MR) is 77.1 cm³/mol. The van der Waals surface area contributed by atoms with Crippen LogP contribution in [-0.2, 0) is 6.54 Å². The second kappa shape index (κ2) is 7.39. The molecule has 1 rings (SSSR count). The van der Waals surface area contributed by atoms with Gasteiger partial charge >= 0.3 is 0 Å². The molecule has 0 aliphatic rings. The molecule has 0 saturated carbocycles. The van der Waals surface area contributed by atoms with Crippen LogP contribution >= 0.6 is 0 Å². The van der Waals surface area contributed by atoms with Crippen molar-refractivity contribution in [3.63, 3.8) is 0 Å². The highest BCUT2D eigenvalue weighted by Crippen LogP contribution is 2.23. The highest BCUT2D eigenvalue weighted by atomic mass is 16.5. The van der Waals surface area contributed by atoms with Crippen molar-refractivity contribution in [2.75, 3.05) is 13.7 Å². The summed E-state index contributed by atoms with van der Waals surface area (Å²) in [5.74, 6) is 0.979. The monoisotopic (exact) mass is 250 g/mol. The van der Waals surface area contributed by atoms with Crippen molar-refractivity contribution in [2.24, 2.45) is 5.73 Å². The minimum atomic E-state index is 0.294. The quantitative estimate of drug-likeness (QED) is 0.731. The number of aryl methyl sites for hydroxylation is 2. The van der Waals surface area contributed by atoms with E-state index in [1.54, 1.807) is 7.11 Å². The molecule has 0 radical (unpaired) electrons. The van der Waals surface area contributed by atoms with Gasteiger partial charge in [-0.2, -0.15) is 0 Å². The van der Waals surface area contributed by atoms with Crippen LogP contribution in [0.3, 0.4) is 0 Å². The van der Waals surface area contributed by atoms with E-state index in [-0.39, 0.29) is 0 Å². The molecule has 0 saturated heterocycles. The molecule has 1 aromatic carbocycles. The lowest BCUT2D eigenvalue weighted by Gasteiger charge is -2.14. The number of ether oxygens (including phenoxy) is 1. The third kappa shape index (κ3) is 4.67. The normalized spacial score (nSPS) is 12.5. The Labute approximate surface area is 111 Å². The van der Waals surface area contributed by atoms with Crippen molar-refractivity contribution < 1.29 is 4.74 Å². The van der Waals surface area contributed by atoms with Gasteiger partial charge in [0.2, 0.25) is 0 Å². The highest BCUT2D eigenvalue weighted by molar-refractivity contribution is 5.42. The molecular weight excluding hydrogens is 224 g/mol. The van der Waals surface area contributed by atoms with Gasteiger partial charge in [0.15, 0.2) is 0 Å². The van der Waals surface area contributed by atoms with Crippen LogP contribution in [0.25, 0.3) is 0 Å². The Hall–Kier alpha value is -1.06. The summed E-state index contributed by atoms with van der Waals surface area (Å²) in [6, 6.07) is 4.58. The van der Waals surface area contributed by atoms with E-state index in [1.165, 1.54) is 16.7 Å². The SMILES string of the molecule is COc1cc(C)cc(C)c1CNCCCC(C)N. The summed E-state index contributed by atoms with van der Waals surface area (Å²) in [5.41, 5.74) is 9.50. The lowest BCUT2D eigenvalue weighted by Crippen LogP contribution is -2.20. The molecule has 0 aromatic heterocycles. The topological polar surface area (TPSA) is 47.3 Å². The highest BCUT2D eigenvalue weighted by Gasteiger charge is 2.07. The Morgan fingerprint density at radius 2 is 2.06 bits per heavy atom. The largest absolute Gasteiger partial charge is 0.496 e. The molecule has 102 valence electrons. The average Bonchev–Trinajstić information content (AvgIpc) is 2.30. The average molecular weight is 250 g/mol. The first-order valence-electron chi connectivity index (χ1n) is 6.65. The van der Waals surface area contributed by atoms with Crippen molar-refractivity contribution >= 4 is 0 Å². The van der Waals surface area contributed by atoms with Gasteiger partial charge < -0.3 is 15.8 Å². The van der Waals surface area contributed by atoms with Crippen LogP contribution < -0.4 is 15.8 Å². The maximum absolute atomic E-state index is 5.72. The Bertz CT molecular complexity index is 375. The molecule has 1 aromatic rings. The summed E-state index contributed by atoms with van der Waals surface area (Å²) in [7, 11) is 1.73. The smallest absolute Gasteiger partial charge is 0.123 e. The zero-order valence-corrected chi connectivity index (χ0v) is 12.0. The molecule has 0 bridgehead atoms. The van der Waals surface area contributed by atoms with Crippen LogP contribution in [0.15, 0.2) is 12.1 Å². The van der Waals surface area contributed by atoms with E-state index in [1.807, 2.05) is 6.92 Å². The minimum Gasteiger partial charge on any atom is -0.496 e. The van der Waals surface area contributed by atoms with Gasteiger partial charge in [0.25, 0.3) is 0 Å². The van der Waals surface area contributed by atoms with Crippen molar-refractivity contribution in [3.05, 3.63) is 28.8 Å². The first-order chi connectivity index (χ1) is 8.54. The Kier molecular flexibility index (Phi) is 6.16. The van der Waals surface area contributed by atoms with E-state index in [2.05, 4.69) is 31.3 Å². The molecule has 1 unspecified atom stereocenters. The second-order valence-corrected chi connectivity index (χ2v) is 5.06. The zero-order valence-electron chi connectivity index (χ0n) is 12.0. The maximum atomic E-state index is 5.72. The van der Waals surface area contributed by atoms with Crippen LogP contribution in [0.4, 0.5) is 0 Å². The van der Waals surface area contributed by atoms with Crippen LogP contribution in [0, 0.1) is 13.8 Å². The molecule has 3 N–H and O–H groups in total. The van der Waals surface area contributed by atoms with E-state index >= 15 is 0 Å². The number of hydrogen-bond acceptors (Lipinski definition) is 3. The molecule has 0 aliphatic carbocycles. The summed E-state index contributed by atoms with van der Waals surface area (Å²) in [4.78, 5) is 0. The molecule has 3 heteroatoms. The number of rotatable bonds is 7. The molecule has 0 amide bonds. The van der Waals surface area contributed by atoms with Gasteiger partial charge in [-0.3, -0.25) is 0 Å². The minimum absolute atomic E-state index is 0.294. The fourth-order valence-electron chi connectivity index (χ4n) is 2.13. The lowest BCUT2D eigenvalue weighted by atomic mass is 10.0. The van der Waals surface area contributed by atoms with Crippen molar-refractivity contribution in [1.82, 2.24) is 5.32 Å². The van der Waals surface area contributed by atoms with E-state index in [0.29, 0.717) is 6.04 Å². The van der Waals surface area contributed by atoms with Crippen LogP contribution in [0.5, 0.6) is 5.75 Å². The molecule has 0 heterocycles. The molecule has 1 atom stereocenters. The van der Waals surface area contributed by atoms with Gasteiger partial charge in [0, 0.05) is 18.2 Å². The van der Waals surface area contributed by atoms with Gasteiger partial charge in [0.1, 0.15) is 5.75 Å². The first-order valence-corrected chi connectivity index (χ1v) is 6.65. The van der Waals surface area contributed by atoms with E-state index in [9.17, 15) is 0 Å². The Morgan fingerprint density at radius 3 is 2.67 bits per heavy atom. The molecule has 0 aliphatic heterocycles. The summed E-state index contributed by atoms with van der Waals surface area (Å²) >= 11 is 0. The molecule has 0 spiro atoms. The summed E-state index contributed by atoms with van der Waals surface area (Å²) < 4.78 is 5.44. The fourth-order valence-corrected chi connectivity index (χ4v) is 2.13. The molecule has 3 nitrogen and oxygen atoms in total. The van der Waals surface area contributed by atoms with E-state index in [0.717, 1.165) is 31.7 Å². The van der Waals surface area contributed by atoms with E-state index in [4.69, 9.17) is 10.5 Å². The second-order valence-electron chi connectivity index (χ2n) is 5.06. The number of methoxy groups -OCH3 is 1. The summed E-state index contributed by atoms with van der Waals surface area (Å²) in [6.45, 7) is 8.13. The third-order valence-corrected chi connectivity index (χ3v) is 3.11. The molecular formula is C15H26N2O. The fraction of sp³-hybridized carbons (Fsp3) is 0.600. The number of hydrogen-bond donors (Lipinski definition) is 2. The van der Waals surface area contributed by atoms with Crippen molar-refractivity contribution in [1.29, 1.82) is 0 Å². The number of nitrogens with two attached hydrogens (primary N) is 1. The number of nitrogens with one attached hydrogen (secondary N) is 1. The number of benzene rings is 1. The van der Waals surface area contributed by atoms with Gasteiger partial charge in [-0.05, 0) is 57.4 Å². The van der Waals surface area contributed by atoms with Gasteiger partial charge in [-0.15, -0.1) is 0 Å². The van der Waals surface area contributed by atoms with Crippen LogP contribution in [0.1, 0.15) is 36.5 Å².